The Morgan fingerprint density at radius 2 is 1.56 bits per heavy atom. The van der Waals surface area contributed by atoms with Crippen LogP contribution >= 0.6 is 0 Å². The first kappa shape index (κ1) is 23.3. The summed E-state index contributed by atoms with van der Waals surface area (Å²) in [5.74, 6) is -0.697. The molecule has 0 unspecified atom stereocenters. The van der Waals surface area contributed by atoms with E-state index in [-0.39, 0.29) is 32.6 Å². The van der Waals surface area contributed by atoms with E-state index in [2.05, 4.69) is 10.4 Å². The number of halogens is 6. The Hall–Kier alpha value is -3.35. The zero-order valence-corrected chi connectivity index (χ0v) is 16.8. The van der Waals surface area contributed by atoms with Gasteiger partial charge in [-0.2, -0.15) is 31.4 Å². The molecule has 0 aliphatic carbocycles. The Labute approximate surface area is 177 Å². The summed E-state index contributed by atoms with van der Waals surface area (Å²) in [6.07, 6.45) is -9.19. The quantitative estimate of drug-likeness (QED) is 0.559. The second-order valence-electron chi connectivity index (χ2n) is 6.62. The van der Waals surface area contributed by atoms with Crippen LogP contribution in [0.3, 0.4) is 0 Å². The highest BCUT2D eigenvalue weighted by Gasteiger charge is 2.42. The fourth-order valence-electron chi connectivity index (χ4n) is 2.68. The van der Waals surface area contributed by atoms with E-state index in [0.29, 0.717) is 0 Å². The van der Waals surface area contributed by atoms with Crippen LogP contribution in [0.2, 0.25) is 0 Å². The summed E-state index contributed by atoms with van der Waals surface area (Å²) in [5, 5.41) is 5.44. The molecule has 0 saturated carbocycles. The monoisotopic (exact) mass is 477 g/mol. The van der Waals surface area contributed by atoms with Gasteiger partial charge in [0.05, 0.1) is 10.6 Å². The molecule has 0 spiro atoms. The van der Waals surface area contributed by atoms with Gasteiger partial charge in [-0.3, -0.25) is 4.79 Å². The zero-order valence-electron chi connectivity index (χ0n) is 16.0. The van der Waals surface area contributed by atoms with Gasteiger partial charge in [0.1, 0.15) is 5.69 Å². The summed E-state index contributed by atoms with van der Waals surface area (Å²) < 4.78 is 101. The van der Waals surface area contributed by atoms with Crippen LogP contribution in [0.4, 0.5) is 32.0 Å². The lowest BCUT2D eigenvalue weighted by Gasteiger charge is -2.11. The Bertz CT molecular complexity index is 1260. The van der Waals surface area contributed by atoms with E-state index in [1.807, 2.05) is 0 Å². The van der Waals surface area contributed by atoms with Crippen LogP contribution in [-0.2, 0) is 22.2 Å². The Morgan fingerprint density at radius 1 is 0.938 bits per heavy atom. The van der Waals surface area contributed by atoms with E-state index in [9.17, 15) is 39.6 Å². The minimum Gasteiger partial charge on any atom is -0.322 e. The predicted octanol–water partition coefficient (Wildman–Crippen LogP) is 4.57. The predicted molar refractivity (Wildman–Crippen MR) is 101 cm³/mol. The number of nitrogens with zero attached hydrogens (tertiary/aromatic N) is 2. The van der Waals surface area contributed by atoms with Crippen LogP contribution in [-0.4, -0.2) is 30.4 Å². The summed E-state index contributed by atoms with van der Waals surface area (Å²) in [5.41, 5.74) is -3.50. The maximum Gasteiger partial charge on any atom is 0.435 e. The minimum atomic E-state index is -5.09. The Balaban J connectivity index is 1.88. The molecule has 13 heteroatoms. The first-order valence-electron chi connectivity index (χ1n) is 8.62. The van der Waals surface area contributed by atoms with Crippen molar-refractivity contribution < 1.29 is 39.6 Å². The van der Waals surface area contributed by atoms with Crippen molar-refractivity contribution in [3.63, 3.8) is 0 Å². The average molecular weight is 477 g/mol. The molecular formula is C19H13F6N3O3S. The summed E-state index contributed by atoms with van der Waals surface area (Å²) >= 11 is 0. The van der Waals surface area contributed by atoms with Crippen molar-refractivity contribution >= 4 is 21.4 Å². The van der Waals surface area contributed by atoms with Crippen molar-refractivity contribution in [3.05, 3.63) is 71.5 Å². The van der Waals surface area contributed by atoms with Gasteiger partial charge in [-0.05, 0) is 42.5 Å². The lowest BCUT2D eigenvalue weighted by atomic mass is 10.2. The number of hydrogen-bond donors (Lipinski definition) is 1. The molecule has 0 fully saturated rings. The molecule has 0 aliphatic heterocycles. The van der Waals surface area contributed by atoms with Crippen molar-refractivity contribution in [1.82, 2.24) is 9.78 Å². The molecule has 0 bridgehead atoms. The third-order valence-electron chi connectivity index (χ3n) is 4.18. The molecule has 0 saturated heterocycles. The van der Waals surface area contributed by atoms with Crippen molar-refractivity contribution in [3.8, 4) is 5.69 Å². The van der Waals surface area contributed by atoms with Gasteiger partial charge in [-0.25, -0.2) is 13.1 Å². The van der Waals surface area contributed by atoms with Crippen LogP contribution in [0.1, 0.15) is 21.7 Å². The molecule has 1 heterocycles. The highest BCUT2D eigenvalue weighted by molar-refractivity contribution is 7.90. The van der Waals surface area contributed by atoms with Crippen molar-refractivity contribution in [2.45, 2.75) is 17.2 Å². The van der Waals surface area contributed by atoms with Crippen molar-refractivity contribution in [2.75, 3.05) is 11.6 Å². The van der Waals surface area contributed by atoms with E-state index < -0.39 is 39.5 Å². The second kappa shape index (κ2) is 7.97. The number of anilines is 1. The molecule has 2 aromatic carbocycles. The number of carbonyl (C=O) groups is 1. The SMILES string of the molecule is CS(=O)(=O)c1cccc(C(=O)Nc2ccc(-n3nc(C(F)(F)F)cc3C(F)(F)F)cc2)c1. The minimum absolute atomic E-state index is 0.0123. The molecule has 3 aromatic rings. The second-order valence-corrected chi connectivity index (χ2v) is 8.64. The van der Waals surface area contributed by atoms with Gasteiger partial charge in [0.2, 0.25) is 0 Å². The number of nitrogens with one attached hydrogen (secondary N) is 1. The first-order valence-corrected chi connectivity index (χ1v) is 10.5. The largest absolute Gasteiger partial charge is 0.435 e. The van der Waals surface area contributed by atoms with Gasteiger partial charge >= 0.3 is 12.4 Å². The average Bonchev–Trinajstić information content (AvgIpc) is 3.14. The van der Waals surface area contributed by atoms with Crippen LogP contribution in [0.15, 0.2) is 59.5 Å². The number of sulfone groups is 1. The highest BCUT2D eigenvalue weighted by atomic mass is 32.2. The zero-order chi connectivity index (χ0) is 23.9. The van der Waals surface area contributed by atoms with Crippen molar-refractivity contribution in [1.29, 1.82) is 0 Å². The molecule has 1 amide bonds. The number of benzene rings is 2. The van der Waals surface area contributed by atoms with Gasteiger partial charge in [-0.15, -0.1) is 0 Å². The van der Waals surface area contributed by atoms with E-state index in [4.69, 9.17) is 0 Å². The summed E-state index contributed by atoms with van der Waals surface area (Å²) in [7, 11) is -3.55. The molecular weight excluding hydrogens is 464 g/mol. The van der Waals surface area contributed by atoms with E-state index in [0.717, 1.165) is 24.5 Å². The number of alkyl halides is 6. The van der Waals surface area contributed by atoms with Gasteiger partial charge < -0.3 is 5.32 Å². The summed E-state index contributed by atoms with van der Waals surface area (Å²) in [4.78, 5) is 12.3. The van der Waals surface area contributed by atoms with E-state index >= 15 is 0 Å². The number of rotatable bonds is 4. The lowest BCUT2D eigenvalue weighted by Crippen LogP contribution is -2.14. The van der Waals surface area contributed by atoms with E-state index in [1.165, 1.54) is 30.3 Å². The maximum atomic E-state index is 13.2. The smallest absolute Gasteiger partial charge is 0.322 e. The van der Waals surface area contributed by atoms with Crippen LogP contribution < -0.4 is 5.32 Å². The first-order chi connectivity index (χ1) is 14.7. The normalized spacial score (nSPS) is 12.6. The fourth-order valence-corrected chi connectivity index (χ4v) is 3.34. The van der Waals surface area contributed by atoms with Crippen LogP contribution in [0, 0.1) is 0 Å². The van der Waals surface area contributed by atoms with Crippen molar-refractivity contribution in [2.24, 2.45) is 0 Å². The third kappa shape index (κ3) is 5.10. The molecule has 1 N–H and O–H groups in total. The molecule has 1 aromatic heterocycles. The molecule has 6 nitrogen and oxygen atoms in total. The molecule has 170 valence electrons. The molecule has 0 atom stereocenters. The molecule has 32 heavy (non-hydrogen) atoms. The topological polar surface area (TPSA) is 81.1 Å². The summed E-state index contributed by atoms with van der Waals surface area (Å²) in [6.45, 7) is 0. The standard InChI is InChI=1S/C19H13F6N3O3S/c1-32(30,31)14-4-2-3-11(9-14)17(29)26-12-5-7-13(8-6-12)28-16(19(23,24)25)10-15(27-28)18(20,21)22/h2-10H,1H3,(H,26,29). The van der Waals surface area contributed by atoms with Gasteiger partial charge in [0.15, 0.2) is 15.5 Å². The van der Waals surface area contributed by atoms with Gasteiger partial charge in [-0.1, -0.05) is 6.07 Å². The van der Waals surface area contributed by atoms with Crippen LogP contribution in [0.25, 0.3) is 5.69 Å². The maximum absolute atomic E-state index is 13.2. The molecule has 0 radical (unpaired) electrons. The summed E-state index contributed by atoms with van der Waals surface area (Å²) in [6, 6.07) is 9.51. The number of amides is 1. The lowest BCUT2D eigenvalue weighted by molar-refractivity contribution is -0.143. The number of hydrogen-bond acceptors (Lipinski definition) is 4. The number of aromatic nitrogens is 2. The third-order valence-corrected chi connectivity index (χ3v) is 5.29. The van der Waals surface area contributed by atoms with Gasteiger partial charge in [0, 0.05) is 23.6 Å². The van der Waals surface area contributed by atoms with E-state index in [1.54, 1.807) is 0 Å². The Kier molecular flexibility index (Phi) is 5.80. The van der Waals surface area contributed by atoms with Gasteiger partial charge in [0.25, 0.3) is 5.91 Å². The van der Waals surface area contributed by atoms with Crippen LogP contribution in [0.5, 0.6) is 0 Å². The highest BCUT2D eigenvalue weighted by Crippen LogP contribution is 2.36. The number of carbonyl (C=O) groups excluding carboxylic acids is 1. The molecule has 0 aliphatic rings. The molecule has 3 rings (SSSR count). The fraction of sp³-hybridized carbons (Fsp3) is 0.158. The Morgan fingerprint density at radius 3 is 2.09 bits per heavy atom.